The van der Waals surface area contributed by atoms with E-state index in [-0.39, 0.29) is 0 Å². The fraction of sp³-hybridized carbons (Fsp3) is 0. The van der Waals surface area contributed by atoms with Crippen molar-refractivity contribution in [3.8, 4) is 62.1 Å². The summed E-state index contributed by atoms with van der Waals surface area (Å²) >= 11 is 1.85. The van der Waals surface area contributed by atoms with E-state index in [1.54, 1.807) is 0 Å². The molecule has 0 aliphatic carbocycles. The Hall–Kier alpha value is -8.19. The molecule has 0 atom stereocenters. The van der Waals surface area contributed by atoms with E-state index in [2.05, 4.69) is 138 Å². The van der Waals surface area contributed by atoms with E-state index < -0.39 is 0 Å². The number of hydrogen-bond acceptors (Lipinski definition) is 5. The average molecular weight is 823 g/mol. The lowest BCUT2D eigenvalue weighted by Gasteiger charge is -2.17. The lowest BCUT2D eigenvalue weighted by molar-refractivity contribution is 0.669. The van der Waals surface area contributed by atoms with Gasteiger partial charge in [-0.2, -0.15) is 0 Å². The van der Waals surface area contributed by atoms with Gasteiger partial charge in [0.15, 0.2) is 17.5 Å². The van der Waals surface area contributed by atoms with Crippen LogP contribution < -0.4 is 0 Å². The highest BCUT2D eigenvalue weighted by atomic mass is 32.1. The summed E-state index contributed by atoms with van der Waals surface area (Å²) in [5, 5.41) is 7.16. The smallest absolute Gasteiger partial charge is 0.164 e. The van der Waals surface area contributed by atoms with Crippen LogP contribution >= 0.6 is 11.3 Å². The molecule has 13 rings (SSSR count). The molecule has 0 saturated heterocycles. The summed E-state index contributed by atoms with van der Waals surface area (Å²) < 4.78 is 11.2. The molecule has 0 N–H and O–H groups in total. The van der Waals surface area contributed by atoms with Crippen LogP contribution in [-0.4, -0.2) is 19.5 Å². The predicted molar refractivity (Wildman–Crippen MR) is 262 cm³/mol. The molecule has 0 fully saturated rings. The van der Waals surface area contributed by atoms with Crippen LogP contribution in [0.15, 0.2) is 211 Å². The van der Waals surface area contributed by atoms with Crippen molar-refractivity contribution in [3.63, 3.8) is 0 Å². The summed E-state index contributed by atoms with van der Waals surface area (Å²) in [4.78, 5) is 15.0. The third-order valence-corrected chi connectivity index (χ3v) is 13.4. The van der Waals surface area contributed by atoms with Gasteiger partial charge < -0.3 is 8.98 Å². The van der Waals surface area contributed by atoms with Gasteiger partial charge in [-0.15, -0.1) is 11.3 Å². The zero-order valence-corrected chi connectivity index (χ0v) is 34.6. The Morgan fingerprint density at radius 2 is 0.873 bits per heavy atom. The Morgan fingerprint density at radius 3 is 1.54 bits per heavy atom. The summed E-state index contributed by atoms with van der Waals surface area (Å²) in [6, 6.07) is 72.8. The first-order valence-corrected chi connectivity index (χ1v) is 21.9. The van der Waals surface area contributed by atoms with E-state index in [4.69, 9.17) is 19.4 Å². The summed E-state index contributed by atoms with van der Waals surface area (Å²) in [6.45, 7) is 0. The lowest BCUT2D eigenvalue weighted by Crippen LogP contribution is -2.00. The molecule has 13 aromatic rings. The first-order chi connectivity index (χ1) is 31.2. The quantitative estimate of drug-likeness (QED) is 0.168. The van der Waals surface area contributed by atoms with Gasteiger partial charge in [-0.1, -0.05) is 164 Å². The summed E-state index contributed by atoms with van der Waals surface area (Å²) in [5.74, 6) is 1.91. The van der Waals surface area contributed by atoms with E-state index in [0.717, 1.165) is 61.0 Å². The molecule has 0 bridgehead atoms. The maximum Gasteiger partial charge on any atom is 0.164 e. The maximum absolute atomic E-state index is 6.28. The predicted octanol–water partition coefficient (Wildman–Crippen LogP) is 15.6. The Morgan fingerprint density at radius 1 is 0.349 bits per heavy atom. The molecule has 0 aliphatic rings. The molecule has 0 saturated carbocycles. The molecule has 9 aromatic carbocycles. The van der Waals surface area contributed by atoms with Crippen molar-refractivity contribution in [3.05, 3.63) is 206 Å². The van der Waals surface area contributed by atoms with Gasteiger partial charge in [-0.25, -0.2) is 15.0 Å². The number of nitrogens with zero attached hydrogens (tertiary/aromatic N) is 4. The van der Waals surface area contributed by atoms with Gasteiger partial charge in [-0.05, 0) is 59.2 Å². The first kappa shape index (κ1) is 35.6. The zero-order valence-electron chi connectivity index (χ0n) is 33.7. The Kier molecular flexibility index (Phi) is 8.01. The molecule has 294 valence electrons. The lowest BCUT2D eigenvalue weighted by atomic mass is 9.94. The number of aromatic nitrogens is 4. The highest BCUT2D eigenvalue weighted by Gasteiger charge is 2.23. The highest BCUT2D eigenvalue weighted by molar-refractivity contribution is 7.26. The van der Waals surface area contributed by atoms with Crippen molar-refractivity contribution >= 4 is 75.3 Å². The van der Waals surface area contributed by atoms with Crippen LogP contribution in [0.2, 0.25) is 0 Å². The van der Waals surface area contributed by atoms with Crippen LogP contribution in [0.5, 0.6) is 0 Å². The highest BCUT2D eigenvalue weighted by Crippen LogP contribution is 2.48. The SMILES string of the molecule is c1ccc(-c2nc(-c3ccccc3)nc(-c3ccc(-c4ccc5sc6cccc(-c7ccc8oc9ccccc9c8c7)c6c5c4-n4c5ccccc5c5ccccc54)cc3)n2)cc1. The van der Waals surface area contributed by atoms with Gasteiger partial charge >= 0.3 is 0 Å². The van der Waals surface area contributed by atoms with Gasteiger partial charge in [0.05, 0.1) is 16.7 Å². The van der Waals surface area contributed by atoms with Crippen LogP contribution in [0.4, 0.5) is 0 Å². The molecule has 0 unspecified atom stereocenters. The number of furan rings is 1. The third-order valence-electron chi connectivity index (χ3n) is 12.3. The largest absolute Gasteiger partial charge is 0.456 e. The Balaban J connectivity index is 1.06. The van der Waals surface area contributed by atoms with Crippen LogP contribution in [0, 0.1) is 0 Å². The van der Waals surface area contributed by atoms with E-state index in [0.29, 0.717) is 17.5 Å². The zero-order chi connectivity index (χ0) is 41.4. The maximum atomic E-state index is 6.28. The summed E-state index contributed by atoms with van der Waals surface area (Å²) in [5.41, 5.74) is 12.7. The van der Waals surface area contributed by atoms with Crippen LogP contribution in [0.1, 0.15) is 0 Å². The average Bonchev–Trinajstić information content (AvgIpc) is 4.04. The molecule has 4 heterocycles. The second kappa shape index (κ2) is 14.2. The summed E-state index contributed by atoms with van der Waals surface area (Å²) in [6.07, 6.45) is 0. The minimum atomic E-state index is 0.628. The monoisotopic (exact) mass is 822 g/mol. The first-order valence-electron chi connectivity index (χ1n) is 21.1. The summed E-state index contributed by atoms with van der Waals surface area (Å²) in [7, 11) is 0. The minimum absolute atomic E-state index is 0.628. The molecule has 5 nitrogen and oxygen atoms in total. The molecular formula is C57H34N4OS. The van der Waals surface area contributed by atoms with Crippen molar-refractivity contribution in [1.29, 1.82) is 0 Å². The molecule has 6 heteroatoms. The van der Waals surface area contributed by atoms with Gasteiger partial charge in [-0.3, -0.25) is 0 Å². The van der Waals surface area contributed by atoms with Crippen molar-refractivity contribution in [2.45, 2.75) is 0 Å². The van der Waals surface area contributed by atoms with E-state index >= 15 is 0 Å². The second-order valence-electron chi connectivity index (χ2n) is 15.9. The van der Waals surface area contributed by atoms with Crippen molar-refractivity contribution < 1.29 is 4.42 Å². The van der Waals surface area contributed by atoms with Crippen LogP contribution in [0.3, 0.4) is 0 Å². The molecule has 0 spiro atoms. The second-order valence-corrected chi connectivity index (χ2v) is 17.0. The molecule has 0 aliphatic heterocycles. The molecule has 0 radical (unpaired) electrons. The Bertz CT molecular complexity index is 3790. The molecule has 0 amide bonds. The molecule has 4 aromatic heterocycles. The van der Waals surface area contributed by atoms with Gasteiger partial charge in [0.2, 0.25) is 0 Å². The Labute approximate surface area is 365 Å². The van der Waals surface area contributed by atoms with Gasteiger partial charge in [0, 0.05) is 64.0 Å². The van der Waals surface area contributed by atoms with Crippen molar-refractivity contribution in [1.82, 2.24) is 19.5 Å². The fourth-order valence-corrected chi connectivity index (χ4v) is 10.5. The number of rotatable bonds is 6. The standard InChI is InChI=1S/C57H34N4OS/c1-3-14-36(15-4-1)55-58-56(37-16-5-2-6-17-37)60-57(59-55)38-28-26-35(27-29-38)41-31-33-51-53(54(41)61-46-22-10-7-18-42(46)43-19-8-11-23-47(43)61)52-40(21-13-25-50(52)63-51)39-30-32-49-45(34-39)44-20-9-12-24-48(44)62-49/h1-34H. The molecule has 63 heavy (non-hydrogen) atoms. The number of benzene rings is 9. The number of thiophene rings is 1. The van der Waals surface area contributed by atoms with E-state index in [1.807, 2.05) is 84.1 Å². The van der Waals surface area contributed by atoms with Gasteiger partial charge in [0.1, 0.15) is 11.2 Å². The van der Waals surface area contributed by atoms with Crippen molar-refractivity contribution in [2.75, 3.05) is 0 Å². The topological polar surface area (TPSA) is 56.7 Å². The minimum Gasteiger partial charge on any atom is -0.456 e. The van der Waals surface area contributed by atoms with E-state index in [9.17, 15) is 0 Å². The van der Waals surface area contributed by atoms with Crippen molar-refractivity contribution in [2.24, 2.45) is 0 Å². The van der Waals surface area contributed by atoms with E-state index in [1.165, 1.54) is 47.5 Å². The third kappa shape index (κ3) is 5.73. The van der Waals surface area contributed by atoms with Gasteiger partial charge in [0.25, 0.3) is 0 Å². The molecular weight excluding hydrogens is 789 g/mol. The fourth-order valence-electron chi connectivity index (χ4n) is 9.39. The number of fused-ring (bicyclic) bond motifs is 9. The number of para-hydroxylation sites is 3. The van der Waals surface area contributed by atoms with Crippen LogP contribution in [-0.2, 0) is 0 Å². The van der Waals surface area contributed by atoms with Crippen LogP contribution in [0.25, 0.3) is 126 Å². The normalized spacial score (nSPS) is 11.8. The number of hydrogen-bond donors (Lipinski definition) is 0.